The van der Waals surface area contributed by atoms with Crippen LogP contribution in [0.1, 0.15) is 12.8 Å². The minimum absolute atomic E-state index is 0.0487. The van der Waals surface area contributed by atoms with E-state index in [0.717, 1.165) is 4.31 Å². The zero-order valence-corrected chi connectivity index (χ0v) is 14.7. The number of aliphatic hydroxyl groups is 4. The average Bonchev–Trinajstić information content (AvgIpc) is 2.51. The van der Waals surface area contributed by atoms with E-state index >= 15 is 0 Å². The molecule has 0 amide bonds. The summed E-state index contributed by atoms with van der Waals surface area (Å²) in [5.74, 6) is 0. The third-order valence-electron chi connectivity index (χ3n) is 4.17. The molecular weight excluding hydrogens is 384 g/mol. The Balaban J connectivity index is 2.08. The number of hydrogen-bond donors (Lipinski definition) is 5. The highest BCUT2D eigenvalue weighted by atomic mass is 32.2. The van der Waals surface area contributed by atoms with E-state index in [-0.39, 0.29) is 25.9 Å². The van der Waals surface area contributed by atoms with Gasteiger partial charge in [-0.25, -0.2) is 13.6 Å². The fraction of sp³-hybridized carbons (Fsp3) is 1.00. The van der Waals surface area contributed by atoms with Crippen molar-refractivity contribution in [2.24, 2.45) is 5.14 Å². The summed E-state index contributed by atoms with van der Waals surface area (Å²) >= 11 is 0. The molecule has 0 radical (unpaired) electrons. The zero-order chi connectivity index (χ0) is 19.0. The molecule has 6 N–H and O–H groups in total. The Labute approximate surface area is 145 Å². The van der Waals surface area contributed by atoms with Gasteiger partial charge in [-0.05, 0) is 12.8 Å². The Morgan fingerprint density at radius 3 is 2.08 bits per heavy atom. The molecule has 2 aliphatic rings. The van der Waals surface area contributed by atoms with Crippen LogP contribution in [0.15, 0.2) is 0 Å². The Morgan fingerprint density at radius 1 is 1.04 bits per heavy atom. The molecule has 0 spiro atoms. The van der Waals surface area contributed by atoms with Crippen molar-refractivity contribution in [3.05, 3.63) is 0 Å². The molecule has 2 aliphatic heterocycles. The highest BCUT2D eigenvalue weighted by molar-refractivity contribution is 7.89. The Kier molecular flexibility index (Phi) is 6.41. The Bertz CT molecular complexity index is 658. The van der Waals surface area contributed by atoms with Gasteiger partial charge in [-0.1, -0.05) is 0 Å². The van der Waals surface area contributed by atoms with Crippen molar-refractivity contribution in [1.29, 1.82) is 0 Å². The summed E-state index contributed by atoms with van der Waals surface area (Å²) in [5.41, 5.74) is -1.88. The molecule has 0 saturated carbocycles. The number of aliphatic hydroxyl groups excluding tert-OH is 4. The summed E-state index contributed by atoms with van der Waals surface area (Å²) in [7, 11) is -8.41. The molecule has 5 atom stereocenters. The van der Waals surface area contributed by atoms with Crippen LogP contribution in [0, 0.1) is 0 Å². The van der Waals surface area contributed by atoms with Crippen LogP contribution in [-0.4, -0.2) is 97.2 Å². The van der Waals surface area contributed by atoms with Crippen molar-refractivity contribution in [3.8, 4) is 0 Å². The zero-order valence-electron chi connectivity index (χ0n) is 13.1. The lowest BCUT2D eigenvalue weighted by Crippen LogP contribution is -2.62. The second-order valence-electron chi connectivity index (χ2n) is 5.93. The van der Waals surface area contributed by atoms with E-state index in [1.807, 2.05) is 0 Å². The van der Waals surface area contributed by atoms with Gasteiger partial charge in [0.2, 0.25) is 15.5 Å². The molecule has 2 rings (SSSR count). The van der Waals surface area contributed by atoms with Gasteiger partial charge in [-0.2, -0.15) is 12.7 Å². The van der Waals surface area contributed by atoms with Gasteiger partial charge in [-0.3, -0.25) is 4.18 Å². The van der Waals surface area contributed by atoms with E-state index in [2.05, 4.69) is 4.18 Å². The predicted molar refractivity (Wildman–Crippen MR) is 81.5 cm³/mol. The molecule has 148 valence electrons. The first kappa shape index (κ1) is 20.9. The number of piperidine rings is 1. The predicted octanol–water partition coefficient (Wildman–Crippen LogP) is -4.20. The summed E-state index contributed by atoms with van der Waals surface area (Å²) in [6.45, 7) is -0.976. The number of ether oxygens (including phenoxy) is 1. The SMILES string of the molecule is NS(=O)(=O)OC1CCN(S(=O)(=O)[C@@H]2O[C@H](CO)[C@@H](O)[C@H](O)[C@H]2O)CC1. The van der Waals surface area contributed by atoms with Gasteiger partial charge >= 0.3 is 10.3 Å². The molecular formula is C11H22N2O10S2. The van der Waals surface area contributed by atoms with Crippen LogP contribution in [0.25, 0.3) is 0 Å². The molecule has 14 heteroatoms. The maximum atomic E-state index is 12.6. The topological polar surface area (TPSA) is 197 Å². The summed E-state index contributed by atoms with van der Waals surface area (Å²) in [5, 5.41) is 43.3. The van der Waals surface area contributed by atoms with E-state index in [0.29, 0.717) is 0 Å². The molecule has 0 unspecified atom stereocenters. The van der Waals surface area contributed by atoms with Gasteiger partial charge in [-0.15, -0.1) is 0 Å². The van der Waals surface area contributed by atoms with Gasteiger partial charge in [0.15, 0.2) is 0 Å². The summed E-state index contributed by atoms with van der Waals surface area (Å²) < 4.78 is 57.7. The quantitative estimate of drug-likeness (QED) is 0.298. The smallest absolute Gasteiger partial charge is 0.333 e. The molecule has 2 heterocycles. The highest BCUT2D eigenvalue weighted by Gasteiger charge is 2.51. The standard InChI is InChI=1S/C11H22N2O10S2/c12-25(20,21)23-6-1-3-13(4-2-6)24(18,19)11-10(17)9(16)8(15)7(5-14)22-11/h6-11,14-17H,1-5H2,(H2,12,20,21)/t7-,8-,9+,10-,11+/m1/s1. The molecule has 0 aromatic carbocycles. The lowest BCUT2D eigenvalue weighted by atomic mass is 10.0. The number of nitrogens with zero attached hydrogens (tertiary/aromatic N) is 1. The largest absolute Gasteiger partial charge is 0.394 e. The van der Waals surface area contributed by atoms with Crippen molar-refractivity contribution in [3.63, 3.8) is 0 Å². The average molecular weight is 406 g/mol. The van der Waals surface area contributed by atoms with E-state index in [4.69, 9.17) is 15.0 Å². The number of nitrogens with two attached hydrogens (primary N) is 1. The Hall–Kier alpha value is -0.420. The first-order valence-electron chi connectivity index (χ1n) is 7.48. The van der Waals surface area contributed by atoms with Crippen LogP contribution < -0.4 is 5.14 Å². The third-order valence-corrected chi connectivity index (χ3v) is 6.78. The fourth-order valence-electron chi connectivity index (χ4n) is 2.83. The second-order valence-corrected chi connectivity index (χ2v) is 9.12. The van der Waals surface area contributed by atoms with Gasteiger partial charge in [0, 0.05) is 13.1 Å². The van der Waals surface area contributed by atoms with Crippen molar-refractivity contribution >= 4 is 20.3 Å². The minimum atomic E-state index is -4.26. The summed E-state index contributed by atoms with van der Waals surface area (Å²) in [6.07, 6.45) is -7.41. The lowest BCUT2D eigenvalue weighted by molar-refractivity contribution is -0.208. The van der Waals surface area contributed by atoms with E-state index in [1.165, 1.54) is 0 Å². The van der Waals surface area contributed by atoms with Crippen LogP contribution in [0.2, 0.25) is 0 Å². The number of sulfonamides is 1. The van der Waals surface area contributed by atoms with Gasteiger partial charge in [0.05, 0.1) is 12.7 Å². The molecule has 0 aromatic rings. The van der Waals surface area contributed by atoms with Crippen LogP contribution >= 0.6 is 0 Å². The summed E-state index contributed by atoms with van der Waals surface area (Å²) in [6, 6.07) is 0. The van der Waals surface area contributed by atoms with Gasteiger partial charge in [0.25, 0.3) is 0 Å². The van der Waals surface area contributed by atoms with E-state index in [9.17, 15) is 32.2 Å². The molecule has 0 aromatic heterocycles. The second kappa shape index (κ2) is 7.67. The van der Waals surface area contributed by atoms with Crippen LogP contribution in [0.3, 0.4) is 0 Å². The third kappa shape index (κ3) is 4.65. The van der Waals surface area contributed by atoms with Crippen molar-refractivity contribution in [2.75, 3.05) is 19.7 Å². The number of rotatable bonds is 5. The molecule has 12 nitrogen and oxygen atoms in total. The van der Waals surface area contributed by atoms with Crippen LogP contribution in [-0.2, 0) is 29.2 Å². The van der Waals surface area contributed by atoms with Crippen molar-refractivity contribution in [1.82, 2.24) is 4.31 Å². The highest BCUT2D eigenvalue weighted by Crippen LogP contribution is 2.28. The molecule has 0 aliphatic carbocycles. The Morgan fingerprint density at radius 2 is 1.60 bits per heavy atom. The first-order chi connectivity index (χ1) is 11.5. The van der Waals surface area contributed by atoms with Gasteiger partial charge < -0.3 is 25.2 Å². The van der Waals surface area contributed by atoms with E-state index < -0.39 is 62.9 Å². The maximum Gasteiger partial charge on any atom is 0.333 e. The first-order valence-corrected chi connectivity index (χ1v) is 10.5. The molecule has 2 saturated heterocycles. The molecule has 0 bridgehead atoms. The van der Waals surface area contributed by atoms with E-state index in [1.54, 1.807) is 0 Å². The van der Waals surface area contributed by atoms with Crippen molar-refractivity contribution < 1.29 is 46.2 Å². The minimum Gasteiger partial charge on any atom is -0.394 e. The fourth-order valence-corrected chi connectivity index (χ4v) is 5.22. The summed E-state index contributed by atoms with van der Waals surface area (Å²) in [4.78, 5) is 0. The monoisotopic (exact) mass is 406 g/mol. The van der Waals surface area contributed by atoms with Crippen LogP contribution in [0.4, 0.5) is 0 Å². The van der Waals surface area contributed by atoms with Crippen LogP contribution in [0.5, 0.6) is 0 Å². The van der Waals surface area contributed by atoms with Crippen molar-refractivity contribution in [2.45, 2.75) is 48.8 Å². The normalized spacial score (nSPS) is 36.4. The number of hydrogen-bond acceptors (Lipinski definition) is 10. The molecule has 25 heavy (non-hydrogen) atoms. The maximum absolute atomic E-state index is 12.6. The lowest BCUT2D eigenvalue weighted by Gasteiger charge is -2.42. The molecule has 2 fully saturated rings. The van der Waals surface area contributed by atoms with Gasteiger partial charge in [0.1, 0.15) is 24.4 Å².